The smallest absolute Gasteiger partial charge is 0.0591 e. The molecule has 0 aromatic rings. The molecule has 0 spiro atoms. The van der Waals surface area contributed by atoms with Crippen molar-refractivity contribution in [1.82, 2.24) is 21.3 Å². The maximum Gasteiger partial charge on any atom is 0.0591 e. The first-order valence-electron chi connectivity index (χ1n) is 8.92. The topological polar surface area (TPSA) is 57.4 Å². The molecular weight excluding hydrogens is 264 g/mol. The molecule has 3 saturated heterocycles. The minimum absolute atomic E-state index is 0.537. The number of nitrogens with one attached hydrogen (secondary N) is 4. The zero-order chi connectivity index (χ0) is 14.3. The summed E-state index contributed by atoms with van der Waals surface area (Å²) in [5, 5.41) is 14.9. The van der Waals surface area contributed by atoms with Crippen LogP contribution in [-0.4, -0.2) is 64.1 Å². The molecule has 3 rings (SSSR count). The molecule has 3 aliphatic heterocycles. The van der Waals surface area contributed by atoms with Gasteiger partial charge in [0, 0.05) is 37.8 Å². The van der Waals surface area contributed by atoms with Crippen LogP contribution in [0.3, 0.4) is 0 Å². The molecule has 0 amide bonds. The lowest BCUT2D eigenvalue weighted by Crippen LogP contribution is -2.52. The molecular formula is C16H32N4O. The lowest BCUT2D eigenvalue weighted by molar-refractivity contribution is 0.148. The average molecular weight is 296 g/mol. The predicted molar refractivity (Wildman–Crippen MR) is 85.6 cm³/mol. The summed E-state index contributed by atoms with van der Waals surface area (Å²) in [5.74, 6) is 0.804. The lowest BCUT2D eigenvalue weighted by Gasteiger charge is -2.28. The molecule has 0 aromatic carbocycles. The van der Waals surface area contributed by atoms with Gasteiger partial charge in [0.05, 0.1) is 6.61 Å². The Bertz CT molecular complexity index is 258. The van der Waals surface area contributed by atoms with Crippen LogP contribution in [0.2, 0.25) is 0 Å². The molecule has 3 fully saturated rings. The van der Waals surface area contributed by atoms with Gasteiger partial charge in [-0.05, 0) is 51.2 Å². The van der Waals surface area contributed by atoms with E-state index in [2.05, 4.69) is 21.3 Å². The van der Waals surface area contributed by atoms with Gasteiger partial charge in [0.2, 0.25) is 0 Å². The van der Waals surface area contributed by atoms with E-state index in [9.17, 15) is 0 Å². The van der Waals surface area contributed by atoms with Crippen LogP contribution in [0.1, 0.15) is 32.1 Å². The maximum absolute atomic E-state index is 5.56. The van der Waals surface area contributed by atoms with Crippen LogP contribution in [0.15, 0.2) is 0 Å². The molecule has 0 bridgehead atoms. The summed E-state index contributed by atoms with van der Waals surface area (Å²) in [6, 6.07) is 1.76. The summed E-state index contributed by atoms with van der Waals surface area (Å²) in [4.78, 5) is 0. The lowest BCUT2D eigenvalue weighted by atomic mass is 9.92. The van der Waals surface area contributed by atoms with E-state index >= 15 is 0 Å². The van der Waals surface area contributed by atoms with E-state index in [1.165, 1.54) is 38.8 Å². The first kappa shape index (κ1) is 15.7. The zero-order valence-corrected chi connectivity index (χ0v) is 13.2. The Balaban J connectivity index is 1.50. The van der Waals surface area contributed by atoms with Gasteiger partial charge in [-0.15, -0.1) is 0 Å². The second-order valence-corrected chi connectivity index (χ2v) is 6.79. The Morgan fingerprint density at radius 2 is 1.62 bits per heavy atom. The third-order valence-electron chi connectivity index (χ3n) is 5.33. The van der Waals surface area contributed by atoms with Gasteiger partial charge >= 0.3 is 0 Å². The fraction of sp³-hybridized carbons (Fsp3) is 1.00. The summed E-state index contributed by atoms with van der Waals surface area (Å²) in [5.41, 5.74) is 0. The van der Waals surface area contributed by atoms with E-state index in [-0.39, 0.29) is 0 Å². The number of hydrogen-bond donors (Lipinski definition) is 4. The molecule has 5 nitrogen and oxygen atoms in total. The van der Waals surface area contributed by atoms with Crippen LogP contribution in [0.25, 0.3) is 0 Å². The predicted octanol–water partition coefficient (Wildman–Crippen LogP) is 0.0747. The van der Waals surface area contributed by atoms with Gasteiger partial charge in [0.25, 0.3) is 0 Å². The Kier molecular flexibility index (Phi) is 6.30. The maximum atomic E-state index is 5.56. The SMILES string of the molecule is C1CCC(C2CCNC(C3CCOCCN3)CN2)CNC1. The Morgan fingerprint density at radius 1 is 0.667 bits per heavy atom. The fourth-order valence-electron chi connectivity index (χ4n) is 4.03. The third kappa shape index (κ3) is 4.63. The monoisotopic (exact) mass is 296 g/mol. The quantitative estimate of drug-likeness (QED) is 0.581. The van der Waals surface area contributed by atoms with Crippen molar-refractivity contribution < 1.29 is 4.74 Å². The molecule has 3 heterocycles. The van der Waals surface area contributed by atoms with Crippen LogP contribution in [0.5, 0.6) is 0 Å². The number of hydrogen-bond acceptors (Lipinski definition) is 5. The molecule has 0 saturated carbocycles. The first-order chi connectivity index (χ1) is 10.4. The van der Waals surface area contributed by atoms with Gasteiger partial charge in [-0.3, -0.25) is 0 Å². The van der Waals surface area contributed by atoms with Crippen LogP contribution in [0.4, 0.5) is 0 Å². The van der Waals surface area contributed by atoms with Gasteiger partial charge in [-0.25, -0.2) is 0 Å². The van der Waals surface area contributed by atoms with Crippen molar-refractivity contribution in [3.05, 3.63) is 0 Å². The molecule has 5 heteroatoms. The second-order valence-electron chi connectivity index (χ2n) is 6.79. The number of rotatable bonds is 2. The van der Waals surface area contributed by atoms with Crippen molar-refractivity contribution >= 4 is 0 Å². The molecule has 0 aliphatic carbocycles. The van der Waals surface area contributed by atoms with Crippen molar-refractivity contribution in [2.75, 3.05) is 45.9 Å². The third-order valence-corrected chi connectivity index (χ3v) is 5.33. The van der Waals surface area contributed by atoms with E-state index < -0.39 is 0 Å². The van der Waals surface area contributed by atoms with E-state index in [4.69, 9.17) is 4.74 Å². The summed E-state index contributed by atoms with van der Waals surface area (Å²) in [7, 11) is 0. The average Bonchev–Trinajstić information content (AvgIpc) is 3.01. The minimum Gasteiger partial charge on any atom is -0.380 e. The van der Waals surface area contributed by atoms with Crippen molar-refractivity contribution in [3.63, 3.8) is 0 Å². The van der Waals surface area contributed by atoms with E-state index in [1.807, 2.05) is 0 Å². The second kappa shape index (κ2) is 8.44. The van der Waals surface area contributed by atoms with Crippen LogP contribution < -0.4 is 21.3 Å². The highest BCUT2D eigenvalue weighted by atomic mass is 16.5. The molecule has 3 aliphatic rings. The Hall–Kier alpha value is -0.200. The standard InChI is InChI=1S/C16H32N4O/c1-2-6-17-11-13(3-1)14-4-7-18-16(12-20-14)15-5-9-21-10-8-19-15/h13-20H,1-12H2. The molecule has 4 unspecified atom stereocenters. The highest BCUT2D eigenvalue weighted by molar-refractivity contribution is 4.91. The van der Waals surface area contributed by atoms with E-state index in [0.717, 1.165) is 45.2 Å². The van der Waals surface area contributed by atoms with Crippen LogP contribution in [-0.2, 0) is 4.74 Å². The van der Waals surface area contributed by atoms with Gasteiger partial charge in [0.15, 0.2) is 0 Å². The van der Waals surface area contributed by atoms with Gasteiger partial charge in [-0.2, -0.15) is 0 Å². The fourth-order valence-corrected chi connectivity index (χ4v) is 4.03. The Labute approximate surface area is 129 Å². The first-order valence-corrected chi connectivity index (χ1v) is 8.92. The largest absolute Gasteiger partial charge is 0.380 e. The van der Waals surface area contributed by atoms with Gasteiger partial charge in [-0.1, -0.05) is 6.42 Å². The normalized spacial score (nSPS) is 40.0. The van der Waals surface area contributed by atoms with Crippen LogP contribution in [0, 0.1) is 5.92 Å². The van der Waals surface area contributed by atoms with Gasteiger partial charge < -0.3 is 26.0 Å². The van der Waals surface area contributed by atoms with Crippen molar-refractivity contribution in [2.24, 2.45) is 5.92 Å². The Morgan fingerprint density at radius 3 is 2.62 bits per heavy atom. The highest BCUT2D eigenvalue weighted by Crippen LogP contribution is 2.19. The summed E-state index contributed by atoms with van der Waals surface area (Å²) in [6.45, 7) is 7.35. The summed E-state index contributed by atoms with van der Waals surface area (Å²) >= 11 is 0. The van der Waals surface area contributed by atoms with Crippen molar-refractivity contribution in [2.45, 2.75) is 50.2 Å². The number of ether oxygens (including phenoxy) is 1. The molecule has 4 N–H and O–H groups in total. The van der Waals surface area contributed by atoms with Crippen LogP contribution >= 0.6 is 0 Å². The molecule has 122 valence electrons. The summed E-state index contributed by atoms with van der Waals surface area (Å²) < 4.78 is 5.56. The molecule has 4 atom stereocenters. The summed E-state index contributed by atoms with van der Waals surface area (Å²) in [6.07, 6.45) is 6.48. The van der Waals surface area contributed by atoms with Gasteiger partial charge in [0.1, 0.15) is 0 Å². The van der Waals surface area contributed by atoms with Crippen molar-refractivity contribution in [3.8, 4) is 0 Å². The van der Waals surface area contributed by atoms with Crippen molar-refractivity contribution in [1.29, 1.82) is 0 Å². The van der Waals surface area contributed by atoms with E-state index in [0.29, 0.717) is 18.1 Å². The molecule has 0 aromatic heterocycles. The van der Waals surface area contributed by atoms with E-state index in [1.54, 1.807) is 0 Å². The highest BCUT2D eigenvalue weighted by Gasteiger charge is 2.29. The minimum atomic E-state index is 0.537. The molecule has 21 heavy (non-hydrogen) atoms. The molecule has 0 radical (unpaired) electrons. The zero-order valence-electron chi connectivity index (χ0n) is 13.2.